The number of aliphatic carboxylic acids is 1. The lowest BCUT2D eigenvalue weighted by atomic mass is 9.99. The van der Waals surface area contributed by atoms with Gasteiger partial charge in [-0.15, -0.1) is 0 Å². The number of carboxylic acids is 1. The number of carboxylic acid groups (broad SMARTS) is 1. The van der Waals surface area contributed by atoms with Crippen molar-refractivity contribution in [1.29, 1.82) is 0 Å². The molecule has 0 bridgehead atoms. The highest BCUT2D eigenvalue weighted by Gasteiger charge is 2.37. The number of carbonyl (C=O) groups excluding carboxylic acids is 1. The highest BCUT2D eigenvalue weighted by atomic mass is 32.2. The zero-order valence-electron chi connectivity index (χ0n) is 11.4. The molecule has 2 N–H and O–H groups in total. The SMILES string of the molecule is CC1CN(C(=O)NCC2CCCS2(=O)=O)CC1C(=O)O. The van der Waals surface area contributed by atoms with Crippen LogP contribution in [-0.2, 0) is 14.6 Å². The molecule has 3 unspecified atom stereocenters. The summed E-state index contributed by atoms with van der Waals surface area (Å²) in [6.07, 6.45) is 1.22. The van der Waals surface area contributed by atoms with Crippen LogP contribution in [0.1, 0.15) is 19.8 Å². The van der Waals surface area contributed by atoms with Gasteiger partial charge in [-0.05, 0) is 18.8 Å². The molecule has 0 aliphatic carbocycles. The van der Waals surface area contributed by atoms with E-state index in [1.54, 1.807) is 6.92 Å². The van der Waals surface area contributed by atoms with Crippen LogP contribution in [0.15, 0.2) is 0 Å². The van der Waals surface area contributed by atoms with E-state index in [9.17, 15) is 18.0 Å². The van der Waals surface area contributed by atoms with Gasteiger partial charge in [-0.25, -0.2) is 13.2 Å². The van der Waals surface area contributed by atoms with Gasteiger partial charge in [0.2, 0.25) is 0 Å². The van der Waals surface area contributed by atoms with Crippen LogP contribution in [0.25, 0.3) is 0 Å². The fourth-order valence-corrected chi connectivity index (χ4v) is 4.62. The molecule has 0 aromatic carbocycles. The normalized spacial score (nSPS) is 32.2. The number of nitrogens with zero attached hydrogens (tertiary/aromatic N) is 1. The van der Waals surface area contributed by atoms with Crippen LogP contribution in [0.5, 0.6) is 0 Å². The van der Waals surface area contributed by atoms with Gasteiger partial charge < -0.3 is 15.3 Å². The van der Waals surface area contributed by atoms with Crippen molar-refractivity contribution in [2.24, 2.45) is 11.8 Å². The lowest BCUT2D eigenvalue weighted by molar-refractivity contribution is -0.142. The van der Waals surface area contributed by atoms with E-state index < -0.39 is 27.0 Å². The lowest BCUT2D eigenvalue weighted by Crippen LogP contribution is -2.43. The van der Waals surface area contributed by atoms with Gasteiger partial charge >= 0.3 is 12.0 Å². The van der Waals surface area contributed by atoms with Crippen molar-refractivity contribution in [2.75, 3.05) is 25.4 Å². The van der Waals surface area contributed by atoms with Crippen molar-refractivity contribution in [2.45, 2.75) is 25.0 Å². The first-order valence-corrected chi connectivity index (χ1v) is 8.50. The van der Waals surface area contributed by atoms with Crippen molar-refractivity contribution in [3.63, 3.8) is 0 Å². The molecule has 20 heavy (non-hydrogen) atoms. The maximum absolute atomic E-state index is 12.0. The predicted octanol–water partition coefficient (Wildman–Crippen LogP) is -0.0743. The van der Waals surface area contributed by atoms with Crippen molar-refractivity contribution in [1.82, 2.24) is 10.2 Å². The molecule has 0 aromatic heterocycles. The molecular weight excluding hydrogens is 284 g/mol. The Balaban J connectivity index is 1.86. The molecule has 8 heteroatoms. The van der Waals surface area contributed by atoms with E-state index in [-0.39, 0.29) is 30.8 Å². The van der Waals surface area contributed by atoms with E-state index in [0.717, 1.165) is 0 Å². The summed E-state index contributed by atoms with van der Waals surface area (Å²) in [5, 5.41) is 11.1. The number of amides is 2. The van der Waals surface area contributed by atoms with Gasteiger partial charge in [0.1, 0.15) is 0 Å². The maximum atomic E-state index is 12.0. The Kier molecular flexibility index (Phi) is 4.22. The standard InChI is InChI=1S/C12H20N2O5S/c1-8-6-14(7-10(8)11(15)16)12(17)13-5-9-3-2-4-20(9,18)19/h8-10H,2-7H2,1H3,(H,13,17)(H,15,16). The third-order valence-electron chi connectivity index (χ3n) is 4.16. The second kappa shape index (κ2) is 5.59. The summed E-state index contributed by atoms with van der Waals surface area (Å²) >= 11 is 0. The van der Waals surface area contributed by atoms with Crippen LogP contribution in [0.4, 0.5) is 4.79 Å². The number of carbonyl (C=O) groups is 2. The highest BCUT2D eigenvalue weighted by Crippen LogP contribution is 2.23. The van der Waals surface area contributed by atoms with Crippen LogP contribution in [0.3, 0.4) is 0 Å². The van der Waals surface area contributed by atoms with Crippen molar-refractivity contribution in [3.8, 4) is 0 Å². The number of likely N-dealkylation sites (tertiary alicyclic amines) is 1. The first-order valence-electron chi connectivity index (χ1n) is 6.78. The first kappa shape index (κ1) is 15.1. The molecule has 7 nitrogen and oxygen atoms in total. The van der Waals surface area contributed by atoms with Crippen molar-refractivity contribution in [3.05, 3.63) is 0 Å². The summed E-state index contributed by atoms with van der Waals surface area (Å²) in [6.45, 7) is 2.48. The monoisotopic (exact) mass is 304 g/mol. The molecule has 0 spiro atoms. The Morgan fingerprint density at radius 2 is 2.05 bits per heavy atom. The van der Waals surface area contributed by atoms with Crippen LogP contribution >= 0.6 is 0 Å². The number of hydrogen-bond acceptors (Lipinski definition) is 4. The molecule has 2 aliphatic rings. The fourth-order valence-electron chi connectivity index (χ4n) is 2.85. The minimum atomic E-state index is -3.07. The van der Waals surface area contributed by atoms with E-state index >= 15 is 0 Å². The molecule has 2 fully saturated rings. The Morgan fingerprint density at radius 1 is 1.35 bits per heavy atom. The fraction of sp³-hybridized carbons (Fsp3) is 0.833. The quantitative estimate of drug-likeness (QED) is 0.759. The average Bonchev–Trinajstić information content (AvgIpc) is 2.89. The lowest BCUT2D eigenvalue weighted by Gasteiger charge is -2.18. The third-order valence-corrected chi connectivity index (χ3v) is 6.44. The Labute approximate surface area is 118 Å². The predicted molar refractivity (Wildman–Crippen MR) is 72.1 cm³/mol. The van der Waals surface area contributed by atoms with Gasteiger partial charge in [-0.2, -0.15) is 0 Å². The van der Waals surface area contributed by atoms with Gasteiger partial charge in [0, 0.05) is 19.6 Å². The van der Waals surface area contributed by atoms with Crippen LogP contribution in [0.2, 0.25) is 0 Å². The molecule has 0 saturated carbocycles. The van der Waals surface area contributed by atoms with Crippen molar-refractivity contribution < 1.29 is 23.1 Å². The van der Waals surface area contributed by atoms with Crippen molar-refractivity contribution >= 4 is 21.8 Å². The zero-order chi connectivity index (χ0) is 14.9. The number of hydrogen-bond donors (Lipinski definition) is 2. The van der Waals surface area contributed by atoms with Crippen LogP contribution in [-0.4, -0.2) is 61.1 Å². The minimum Gasteiger partial charge on any atom is -0.481 e. The largest absolute Gasteiger partial charge is 0.481 e. The molecule has 2 saturated heterocycles. The molecule has 2 rings (SSSR count). The van der Waals surface area contributed by atoms with E-state index in [4.69, 9.17) is 5.11 Å². The summed E-state index contributed by atoms with van der Waals surface area (Å²) in [5.74, 6) is -1.34. The van der Waals surface area contributed by atoms with Gasteiger partial charge in [0.05, 0.1) is 16.9 Å². The Bertz CT molecular complexity index is 504. The highest BCUT2D eigenvalue weighted by molar-refractivity contribution is 7.92. The number of rotatable bonds is 3. The molecule has 114 valence electrons. The summed E-state index contributed by atoms with van der Waals surface area (Å²) in [7, 11) is -3.07. The summed E-state index contributed by atoms with van der Waals surface area (Å²) in [5.41, 5.74) is 0. The number of sulfone groups is 1. The average molecular weight is 304 g/mol. The second-order valence-corrected chi connectivity index (χ2v) is 8.04. The van der Waals surface area contributed by atoms with Gasteiger partial charge in [-0.3, -0.25) is 4.79 Å². The molecular formula is C12H20N2O5S. The first-order chi connectivity index (χ1) is 9.31. The molecule has 0 aromatic rings. The molecule has 3 atom stereocenters. The molecule has 0 radical (unpaired) electrons. The zero-order valence-corrected chi connectivity index (χ0v) is 12.2. The Morgan fingerprint density at radius 3 is 2.55 bits per heavy atom. The smallest absolute Gasteiger partial charge is 0.317 e. The third kappa shape index (κ3) is 3.05. The van der Waals surface area contributed by atoms with Crippen LogP contribution in [0, 0.1) is 11.8 Å². The number of urea groups is 1. The van der Waals surface area contributed by atoms with E-state index in [2.05, 4.69) is 5.32 Å². The summed E-state index contributed by atoms with van der Waals surface area (Å²) in [4.78, 5) is 24.4. The topological polar surface area (TPSA) is 104 Å². The van der Waals surface area contributed by atoms with E-state index in [1.807, 2.05) is 0 Å². The minimum absolute atomic E-state index is 0.0894. The van der Waals surface area contributed by atoms with Gasteiger partial charge in [-0.1, -0.05) is 6.92 Å². The van der Waals surface area contributed by atoms with Gasteiger partial charge in [0.25, 0.3) is 0 Å². The van der Waals surface area contributed by atoms with Gasteiger partial charge in [0.15, 0.2) is 9.84 Å². The molecule has 2 aliphatic heterocycles. The second-order valence-electron chi connectivity index (χ2n) is 5.64. The summed E-state index contributed by atoms with van der Waals surface area (Å²) in [6, 6.07) is -0.372. The van der Waals surface area contributed by atoms with E-state index in [0.29, 0.717) is 19.4 Å². The Hall–Kier alpha value is -1.31. The molecule has 2 amide bonds. The maximum Gasteiger partial charge on any atom is 0.317 e. The molecule has 2 heterocycles. The summed E-state index contributed by atoms with van der Waals surface area (Å²) < 4.78 is 23.3. The van der Waals surface area contributed by atoms with E-state index in [1.165, 1.54) is 4.90 Å². The number of nitrogens with one attached hydrogen (secondary N) is 1. The van der Waals surface area contributed by atoms with Crippen LogP contribution < -0.4 is 5.32 Å².